The first-order valence-electron chi connectivity index (χ1n) is 8.72. The third kappa shape index (κ3) is 4.70. The van der Waals surface area contributed by atoms with Gasteiger partial charge in [-0.2, -0.15) is 0 Å². The Bertz CT molecular complexity index is 1040. The summed E-state index contributed by atoms with van der Waals surface area (Å²) in [4.78, 5) is 22.7. The predicted molar refractivity (Wildman–Crippen MR) is 100 cm³/mol. The molecule has 0 aliphatic rings. The van der Waals surface area contributed by atoms with Crippen molar-refractivity contribution in [1.82, 2.24) is 10.5 Å². The second kappa shape index (κ2) is 8.42. The van der Waals surface area contributed by atoms with Crippen LogP contribution in [0.3, 0.4) is 0 Å². The van der Waals surface area contributed by atoms with Crippen LogP contribution < -0.4 is 15.2 Å². The summed E-state index contributed by atoms with van der Waals surface area (Å²) >= 11 is 0. The summed E-state index contributed by atoms with van der Waals surface area (Å²) in [7, 11) is 0. The van der Waals surface area contributed by atoms with Gasteiger partial charge in [0.1, 0.15) is 18.1 Å². The minimum Gasteiger partial charge on any atom is -0.872 e. The Morgan fingerprint density at radius 2 is 2.03 bits per heavy atom. The third-order valence-electron chi connectivity index (χ3n) is 4.35. The van der Waals surface area contributed by atoms with E-state index in [2.05, 4.69) is 10.5 Å². The van der Waals surface area contributed by atoms with Crippen molar-refractivity contribution in [3.8, 4) is 11.5 Å². The van der Waals surface area contributed by atoms with Gasteiger partial charge in [-0.15, -0.1) is 5.75 Å². The number of rotatable bonds is 7. The lowest BCUT2D eigenvalue weighted by Gasteiger charge is -2.14. The van der Waals surface area contributed by atoms with E-state index in [4.69, 9.17) is 9.26 Å². The van der Waals surface area contributed by atoms with Crippen LogP contribution in [0.25, 0.3) is 0 Å². The number of benzene rings is 2. The van der Waals surface area contributed by atoms with Gasteiger partial charge in [-0.1, -0.05) is 17.3 Å². The van der Waals surface area contributed by atoms with Crippen LogP contribution in [0.5, 0.6) is 11.5 Å². The maximum atomic E-state index is 12.4. The Labute approximate surface area is 166 Å². The zero-order valence-corrected chi connectivity index (χ0v) is 15.8. The molecule has 9 nitrogen and oxygen atoms in total. The monoisotopic (exact) mass is 396 g/mol. The van der Waals surface area contributed by atoms with Gasteiger partial charge in [0.25, 0.3) is 11.6 Å². The standard InChI is InChI=1S/C20H19N3O6/c1-12-18(13(2)29-22-12)11-28-17-5-3-4-14(9-17)20(25)21-10-15-8-16(23(26)27)6-7-19(15)24/h3-9,24H,10-11H2,1-2H3,(H,21,25)/p-1. The second-order valence-corrected chi connectivity index (χ2v) is 6.35. The zero-order valence-electron chi connectivity index (χ0n) is 15.8. The molecule has 9 heteroatoms. The van der Waals surface area contributed by atoms with Crippen molar-refractivity contribution in [2.45, 2.75) is 27.0 Å². The molecule has 0 spiro atoms. The number of non-ortho nitro benzene ring substituents is 1. The van der Waals surface area contributed by atoms with Crippen LogP contribution in [-0.2, 0) is 13.2 Å². The maximum absolute atomic E-state index is 12.4. The van der Waals surface area contributed by atoms with Gasteiger partial charge >= 0.3 is 0 Å². The van der Waals surface area contributed by atoms with Crippen LogP contribution in [0.4, 0.5) is 5.69 Å². The van der Waals surface area contributed by atoms with E-state index in [1.54, 1.807) is 31.2 Å². The van der Waals surface area contributed by atoms with E-state index in [0.717, 1.165) is 29.5 Å². The molecule has 29 heavy (non-hydrogen) atoms. The van der Waals surface area contributed by atoms with Gasteiger partial charge in [0, 0.05) is 24.2 Å². The number of carbonyl (C=O) groups excluding carboxylic acids is 1. The molecule has 3 aromatic rings. The molecule has 0 saturated carbocycles. The van der Waals surface area contributed by atoms with E-state index >= 15 is 0 Å². The Balaban J connectivity index is 1.65. The second-order valence-electron chi connectivity index (χ2n) is 6.35. The summed E-state index contributed by atoms with van der Waals surface area (Å²) in [5, 5.41) is 29.1. The molecule has 150 valence electrons. The first-order valence-corrected chi connectivity index (χ1v) is 8.72. The van der Waals surface area contributed by atoms with Gasteiger partial charge in [-0.25, -0.2) is 0 Å². The van der Waals surface area contributed by atoms with Gasteiger partial charge in [0.15, 0.2) is 0 Å². The molecule has 1 amide bonds. The number of nitrogens with one attached hydrogen (secondary N) is 1. The number of aryl methyl sites for hydroxylation is 2. The molecular weight excluding hydrogens is 378 g/mol. The van der Waals surface area contributed by atoms with Crippen molar-refractivity contribution in [2.24, 2.45) is 0 Å². The van der Waals surface area contributed by atoms with E-state index in [-0.39, 0.29) is 30.2 Å². The number of hydrogen-bond acceptors (Lipinski definition) is 7. The highest BCUT2D eigenvalue weighted by molar-refractivity contribution is 5.94. The molecule has 0 radical (unpaired) electrons. The SMILES string of the molecule is Cc1noc(C)c1COc1cccc(C(=O)NCc2cc([N+](=O)[O-])ccc2[O-])c1. The Morgan fingerprint density at radius 3 is 2.72 bits per heavy atom. The van der Waals surface area contributed by atoms with Crippen LogP contribution in [0, 0.1) is 24.0 Å². The van der Waals surface area contributed by atoms with Gasteiger partial charge in [-0.05, 0) is 37.6 Å². The summed E-state index contributed by atoms with van der Waals surface area (Å²) in [6, 6.07) is 9.96. The van der Waals surface area contributed by atoms with Gasteiger partial charge in [0.2, 0.25) is 0 Å². The fourth-order valence-corrected chi connectivity index (χ4v) is 2.69. The molecule has 0 unspecified atom stereocenters. The topological polar surface area (TPSA) is 131 Å². The lowest BCUT2D eigenvalue weighted by Crippen LogP contribution is -2.23. The Hall–Kier alpha value is -3.88. The highest BCUT2D eigenvalue weighted by Gasteiger charge is 2.12. The van der Waals surface area contributed by atoms with E-state index in [9.17, 15) is 20.0 Å². The van der Waals surface area contributed by atoms with Crippen LogP contribution in [0.15, 0.2) is 47.0 Å². The third-order valence-corrected chi connectivity index (χ3v) is 4.35. The van der Waals surface area contributed by atoms with Crippen molar-refractivity contribution >= 4 is 11.6 Å². The van der Waals surface area contributed by atoms with Crippen molar-refractivity contribution < 1.29 is 24.1 Å². The quantitative estimate of drug-likeness (QED) is 0.480. The van der Waals surface area contributed by atoms with Gasteiger partial charge in [-0.3, -0.25) is 14.9 Å². The predicted octanol–water partition coefficient (Wildman–Crippen LogP) is 2.78. The average molecular weight is 396 g/mol. The van der Waals surface area contributed by atoms with Crippen LogP contribution >= 0.6 is 0 Å². The molecular formula is C20H18N3O6-. The number of amides is 1. The fourth-order valence-electron chi connectivity index (χ4n) is 2.69. The number of carbonyl (C=O) groups is 1. The summed E-state index contributed by atoms with van der Waals surface area (Å²) in [6.45, 7) is 3.74. The van der Waals surface area contributed by atoms with E-state index in [0.29, 0.717) is 17.1 Å². The van der Waals surface area contributed by atoms with E-state index in [1.807, 2.05) is 6.92 Å². The number of hydrogen-bond donors (Lipinski definition) is 1. The number of nitrogens with zero attached hydrogens (tertiary/aromatic N) is 2. The lowest BCUT2D eigenvalue weighted by molar-refractivity contribution is -0.385. The number of aromatic nitrogens is 1. The number of ether oxygens (including phenoxy) is 1. The maximum Gasteiger partial charge on any atom is 0.269 e. The zero-order chi connectivity index (χ0) is 21.0. The first-order chi connectivity index (χ1) is 13.8. The molecule has 3 rings (SSSR count). The van der Waals surface area contributed by atoms with Crippen LogP contribution in [0.2, 0.25) is 0 Å². The van der Waals surface area contributed by atoms with Crippen molar-refractivity contribution in [3.63, 3.8) is 0 Å². The van der Waals surface area contributed by atoms with E-state index < -0.39 is 10.8 Å². The minimum absolute atomic E-state index is 0.122. The minimum atomic E-state index is -0.593. The smallest absolute Gasteiger partial charge is 0.269 e. The Kier molecular flexibility index (Phi) is 5.77. The highest BCUT2D eigenvalue weighted by Crippen LogP contribution is 2.21. The summed E-state index contributed by atoms with van der Waals surface area (Å²) < 4.78 is 10.8. The van der Waals surface area contributed by atoms with Gasteiger partial charge < -0.3 is 19.7 Å². The van der Waals surface area contributed by atoms with Crippen LogP contribution in [0.1, 0.15) is 32.9 Å². The molecule has 2 aromatic carbocycles. The lowest BCUT2D eigenvalue weighted by atomic mass is 10.1. The van der Waals surface area contributed by atoms with Crippen LogP contribution in [-0.4, -0.2) is 16.0 Å². The molecule has 0 fully saturated rings. The summed E-state index contributed by atoms with van der Waals surface area (Å²) in [5.74, 6) is 0.338. The summed E-state index contributed by atoms with van der Waals surface area (Å²) in [5.41, 5.74) is 1.84. The van der Waals surface area contributed by atoms with Crippen molar-refractivity contribution in [1.29, 1.82) is 0 Å². The molecule has 0 atom stereocenters. The Morgan fingerprint density at radius 1 is 1.24 bits per heavy atom. The van der Waals surface area contributed by atoms with E-state index in [1.165, 1.54) is 0 Å². The normalized spacial score (nSPS) is 10.6. The molecule has 1 heterocycles. The first kappa shape index (κ1) is 19.9. The fraction of sp³-hybridized carbons (Fsp3) is 0.200. The molecule has 0 aliphatic carbocycles. The number of nitro benzene ring substituents is 1. The number of nitro groups is 1. The largest absolute Gasteiger partial charge is 0.872 e. The van der Waals surface area contributed by atoms with Gasteiger partial charge in [0.05, 0.1) is 16.2 Å². The van der Waals surface area contributed by atoms with Crippen molar-refractivity contribution in [2.75, 3.05) is 0 Å². The molecule has 1 aromatic heterocycles. The molecule has 0 aliphatic heterocycles. The molecule has 0 bridgehead atoms. The average Bonchev–Trinajstić information content (AvgIpc) is 3.03. The van der Waals surface area contributed by atoms with Crippen molar-refractivity contribution in [3.05, 3.63) is 80.7 Å². The highest BCUT2D eigenvalue weighted by atomic mass is 16.6. The summed E-state index contributed by atoms with van der Waals surface area (Å²) in [6.07, 6.45) is 0. The molecule has 1 N–H and O–H groups in total. The molecule has 0 saturated heterocycles.